The van der Waals surface area contributed by atoms with Crippen LogP contribution < -0.4 is 15.5 Å². The Labute approximate surface area is 141 Å². The summed E-state index contributed by atoms with van der Waals surface area (Å²) in [7, 11) is 3.95. The Morgan fingerprint density at radius 3 is 2.46 bits per heavy atom. The van der Waals surface area contributed by atoms with E-state index in [-0.39, 0.29) is 12.1 Å². The number of hydrogen-bond donors (Lipinski definition) is 3. The van der Waals surface area contributed by atoms with Crippen LogP contribution in [0.15, 0.2) is 24.3 Å². The molecule has 0 aliphatic heterocycles. The first kappa shape index (κ1) is 16.3. The fraction of sp³-hybridized carbons (Fsp3) is 0.471. The number of para-hydroxylation sites is 1. The van der Waals surface area contributed by atoms with Crippen molar-refractivity contribution in [3.63, 3.8) is 0 Å². The van der Waals surface area contributed by atoms with E-state index in [2.05, 4.69) is 20.6 Å². The number of aromatic nitrogens is 2. The zero-order chi connectivity index (χ0) is 17.1. The number of anilines is 2. The summed E-state index contributed by atoms with van der Waals surface area (Å²) < 4.78 is 0. The Hall–Kier alpha value is -2.57. The van der Waals surface area contributed by atoms with Crippen LogP contribution in [0.4, 0.5) is 16.6 Å². The molecule has 0 radical (unpaired) electrons. The van der Waals surface area contributed by atoms with Gasteiger partial charge in [-0.15, -0.1) is 0 Å². The van der Waals surface area contributed by atoms with Crippen LogP contribution in [0.5, 0.6) is 0 Å². The van der Waals surface area contributed by atoms with E-state index in [0.717, 1.165) is 42.4 Å². The Kier molecular flexibility index (Phi) is 4.69. The van der Waals surface area contributed by atoms with Gasteiger partial charge in [-0.05, 0) is 37.8 Å². The Morgan fingerprint density at radius 2 is 1.79 bits per heavy atom. The molecule has 1 aliphatic rings. The van der Waals surface area contributed by atoms with Crippen molar-refractivity contribution in [2.75, 3.05) is 24.3 Å². The maximum Gasteiger partial charge on any atom is 0.404 e. The lowest BCUT2D eigenvalue weighted by atomic mass is 9.91. The summed E-state index contributed by atoms with van der Waals surface area (Å²) in [5, 5.41) is 15.8. The van der Waals surface area contributed by atoms with Crippen molar-refractivity contribution in [3.05, 3.63) is 24.3 Å². The van der Waals surface area contributed by atoms with Gasteiger partial charge >= 0.3 is 6.09 Å². The lowest BCUT2D eigenvalue weighted by Crippen LogP contribution is -2.39. The molecule has 1 aliphatic carbocycles. The Bertz CT molecular complexity index is 726. The number of amides is 1. The van der Waals surface area contributed by atoms with Crippen molar-refractivity contribution in [1.82, 2.24) is 15.3 Å². The van der Waals surface area contributed by atoms with Crippen LogP contribution in [0.3, 0.4) is 0 Å². The lowest BCUT2D eigenvalue weighted by Gasteiger charge is -2.29. The molecule has 2 aromatic rings. The normalized spacial score (nSPS) is 20.6. The average Bonchev–Trinajstić information content (AvgIpc) is 2.55. The summed E-state index contributed by atoms with van der Waals surface area (Å²) in [6.07, 6.45) is 2.52. The number of nitrogens with one attached hydrogen (secondary N) is 2. The van der Waals surface area contributed by atoms with E-state index in [0.29, 0.717) is 5.95 Å². The number of fused-ring (bicyclic) bond motifs is 1. The van der Waals surface area contributed by atoms with Gasteiger partial charge in [-0.1, -0.05) is 12.1 Å². The first-order chi connectivity index (χ1) is 11.5. The third kappa shape index (κ3) is 3.67. The molecule has 1 fully saturated rings. The zero-order valence-corrected chi connectivity index (χ0v) is 14.0. The van der Waals surface area contributed by atoms with E-state index in [9.17, 15) is 4.79 Å². The van der Waals surface area contributed by atoms with Crippen molar-refractivity contribution in [2.45, 2.75) is 37.8 Å². The van der Waals surface area contributed by atoms with Crippen LogP contribution in [0, 0.1) is 0 Å². The second-order valence-electron chi connectivity index (χ2n) is 6.42. The van der Waals surface area contributed by atoms with E-state index in [4.69, 9.17) is 5.11 Å². The summed E-state index contributed by atoms with van der Waals surface area (Å²) in [5.74, 6) is 1.52. The minimum Gasteiger partial charge on any atom is -0.465 e. The molecule has 7 heteroatoms. The minimum absolute atomic E-state index is 0.0513. The van der Waals surface area contributed by atoms with E-state index in [1.165, 1.54) is 0 Å². The standard InChI is InChI=1S/C17H23N5O2/c1-22(2)15-13-5-3-4-6-14(13)20-16(21-15)18-11-7-9-12(10-8-11)19-17(23)24/h3-6,11-12,19H,7-10H2,1-2H3,(H,23,24)(H,18,20,21). The highest BCUT2D eigenvalue weighted by Crippen LogP contribution is 2.26. The molecule has 7 nitrogen and oxygen atoms in total. The highest BCUT2D eigenvalue weighted by atomic mass is 16.4. The highest BCUT2D eigenvalue weighted by Gasteiger charge is 2.23. The van der Waals surface area contributed by atoms with E-state index in [1.54, 1.807) is 0 Å². The van der Waals surface area contributed by atoms with Gasteiger partial charge in [-0.2, -0.15) is 4.98 Å². The molecule has 3 rings (SSSR count). The number of carboxylic acid groups (broad SMARTS) is 1. The predicted molar refractivity (Wildman–Crippen MR) is 94.7 cm³/mol. The zero-order valence-electron chi connectivity index (χ0n) is 14.0. The van der Waals surface area contributed by atoms with Gasteiger partial charge in [0.2, 0.25) is 5.95 Å². The second kappa shape index (κ2) is 6.90. The van der Waals surface area contributed by atoms with Gasteiger partial charge in [0.1, 0.15) is 5.82 Å². The van der Waals surface area contributed by atoms with Crippen LogP contribution in [0.1, 0.15) is 25.7 Å². The van der Waals surface area contributed by atoms with Gasteiger partial charge in [0.25, 0.3) is 0 Å². The molecule has 0 saturated heterocycles. The van der Waals surface area contributed by atoms with Crippen molar-refractivity contribution in [1.29, 1.82) is 0 Å². The lowest BCUT2D eigenvalue weighted by molar-refractivity contribution is 0.185. The molecular weight excluding hydrogens is 306 g/mol. The molecule has 0 unspecified atom stereocenters. The third-order valence-electron chi connectivity index (χ3n) is 4.39. The topological polar surface area (TPSA) is 90.4 Å². The fourth-order valence-electron chi connectivity index (χ4n) is 3.20. The summed E-state index contributed by atoms with van der Waals surface area (Å²) >= 11 is 0. The summed E-state index contributed by atoms with van der Waals surface area (Å²) in [6.45, 7) is 0. The van der Waals surface area contributed by atoms with Crippen LogP contribution in [0.25, 0.3) is 10.9 Å². The van der Waals surface area contributed by atoms with Crippen LogP contribution >= 0.6 is 0 Å². The Morgan fingerprint density at radius 1 is 1.12 bits per heavy atom. The monoisotopic (exact) mass is 329 g/mol. The molecule has 3 N–H and O–H groups in total. The summed E-state index contributed by atoms with van der Waals surface area (Å²) in [5.41, 5.74) is 0.917. The molecule has 0 bridgehead atoms. The largest absolute Gasteiger partial charge is 0.465 e. The number of benzene rings is 1. The van der Waals surface area contributed by atoms with Gasteiger partial charge in [0, 0.05) is 31.6 Å². The maximum absolute atomic E-state index is 10.7. The van der Waals surface area contributed by atoms with E-state index >= 15 is 0 Å². The molecule has 128 valence electrons. The summed E-state index contributed by atoms with van der Waals surface area (Å²) in [4.78, 5) is 22.0. The van der Waals surface area contributed by atoms with Gasteiger partial charge in [0.15, 0.2) is 0 Å². The van der Waals surface area contributed by atoms with E-state index in [1.807, 2.05) is 43.3 Å². The van der Waals surface area contributed by atoms with Crippen LogP contribution in [-0.4, -0.2) is 47.3 Å². The molecule has 1 heterocycles. The van der Waals surface area contributed by atoms with E-state index < -0.39 is 6.09 Å². The molecule has 0 atom stereocenters. The predicted octanol–water partition coefficient (Wildman–Crippen LogP) is 2.69. The second-order valence-corrected chi connectivity index (χ2v) is 6.42. The molecule has 0 spiro atoms. The average molecular weight is 329 g/mol. The molecule has 1 aromatic carbocycles. The number of nitrogens with zero attached hydrogens (tertiary/aromatic N) is 3. The molecule has 1 saturated carbocycles. The fourth-order valence-corrected chi connectivity index (χ4v) is 3.20. The maximum atomic E-state index is 10.7. The smallest absolute Gasteiger partial charge is 0.404 e. The third-order valence-corrected chi connectivity index (χ3v) is 4.39. The number of rotatable bonds is 4. The van der Waals surface area contributed by atoms with Crippen molar-refractivity contribution < 1.29 is 9.90 Å². The number of carbonyl (C=O) groups is 1. The minimum atomic E-state index is -0.945. The number of hydrogen-bond acceptors (Lipinski definition) is 5. The van der Waals surface area contributed by atoms with Crippen LogP contribution in [-0.2, 0) is 0 Å². The SMILES string of the molecule is CN(C)c1nc(NC2CCC(NC(=O)O)CC2)nc2ccccc12. The van der Waals surface area contributed by atoms with Gasteiger partial charge in [-0.3, -0.25) is 0 Å². The first-order valence-electron chi connectivity index (χ1n) is 8.23. The van der Waals surface area contributed by atoms with Crippen molar-refractivity contribution in [3.8, 4) is 0 Å². The van der Waals surface area contributed by atoms with Gasteiger partial charge < -0.3 is 20.6 Å². The van der Waals surface area contributed by atoms with Gasteiger partial charge in [-0.25, -0.2) is 9.78 Å². The van der Waals surface area contributed by atoms with Crippen molar-refractivity contribution >= 4 is 28.8 Å². The quantitative estimate of drug-likeness (QED) is 0.799. The Balaban J connectivity index is 1.73. The first-order valence-corrected chi connectivity index (χ1v) is 8.23. The molecule has 1 amide bonds. The van der Waals surface area contributed by atoms with Gasteiger partial charge in [0.05, 0.1) is 5.52 Å². The molecule has 24 heavy (non-hydrogen) atoms. The van der Waals surface area contributed by atoms with Crippen LogP contribution in [0.2, 0.25) is 0 Å². The molecule has 1 aromatic heterocycles. The van der Waals surface area contributed by atoms with Crippen molar-refractivity contribution in [2.24, 2.45) is 0 Å². The highest BCUT2D eigenvalue weighted by molar-refractivity contribution is 5.90. The summed E-state index contributed by atoms with van der Waals surface area (Å²) in [6, 6.07) is 8.30. The molecular formula is C17H23N5O2.